The van der Waals surface area contributed by atoms with E-state index in [1.165, 1.54) is 4.90 Å². The molecule has 1 N–H and O–H groups in total. The maximum Gasteiger partial charge on any atom is 0.345 e. The average Bonchev–Trinajstić information content (AvgIpc) is 2.28. The Morgan fingerprint density at radius 3 is 2.18 bits per heavy atom. The highest BCUT2D eigenvalue weighted by molar-refractivity contribution is 5.75. The molecule has 0 spiro atoms. The molecule has 0 aromatic carbocycles. The summed E-state index contributed by atoms with van der Waals surface area (Å²) in [5.41, 5.74) is 0. The lowest BCUT2D eigenvalue weighted by molar-refractivity contribution is -0.189. The number of hydrogen-bond acceptors (Lipinski definition) is 2. The molecule has 1 aliphatic rings. The number of rotatable bonds is 3. The highest BCUT2D eigenvalue weighted by Gasteiger charge is 2.32. The predicted molar refractivity (Wildman–Crippen MR) is 64.2 cm³/mol. The van der Waals surface area contributed by atoms with Gasteiger partial charge in [-0.3, -0.25) is 0 Å². The summed E-state index contributed by atoms with van der Waals surface area (Å²) in [5, 5.41) is 2.57. The molecule has 0 saturated carbocycles. The van der Waals surface area contributed by atoms with E-state index < -0.39 is 12.7 Å². The fourth-order valence-corrected chi connectivity index (χ4v) is 1.10. The van der Waals surface area contributed by atoms with E-state index in [4.69, 9.17) is 0 Å². The Hall–Kier alpha value is -0.910. The lowest BCUT2D eigenvalue weighted by Crippen LogP contribution is -2.58. The van der Waals surface area contributed by atoms with E-state index in [0.717, 1.165) is 0 Å². The molecule has 0 aromatic rings. The minimum atomic E-state index is -2.75. The molecule has 1 fully saturated rings. The number of amides is 2. The summed E-state index contributed by atoms with van der Waals surface area (Å²) in [7, 11) is 0. The van der Waals surface area contributed by atoms with Gasteiger partial charge in [0.25, 0.3) is 0 Å². The number of nitrogens with one attached hydrogen (secondary N) is 1. The normalized spacial score (nSPS) is 14.0. The van der Waals surface area contributed by atoms with Gasteiger partial charge in [-0.25, -0.2) is 4.79 Å². The number of alkyl halides is 2. The third-order valence-electron chi connectivity index (χ3n) is 1.76. The third kappa shape index (κ3) is 7.90. The molecule has 0 radical (unpaired) electrons. The molecule has 0 unspecified atom stereocenters. The van der Waals surface area contributed by atoms with E-state index in [1.807, 2.05) is 27.7 Å². The van der Waals surface area contributed by atoms with Crippen LogP contribution in [0.3, 0.4) is 0 Å². The highest BCUT2D eigenvalue weighted by Crippen LogP contribution is 2.14. The number of halogens is 2. The van der Waals surface area contributed by atoms with Gasteiger partial charge in [0.1, 0.15) is 0 Å². The average molecular weight is 254 g/mol. The summed E-state index contributed by atoms with van der Waals surface area (Å²) in [4.78, 5) is 12.5. The van der Waals surface area contributed by atoms with Crippen molar-refractivity contribution < 1.29 is 18.3 Å². The second-order valence-corrected chi connectivity index (χ2v) is 2.76. The second kappa shape index (κ2) is 11.6. The van der Waals surface area contributed by atoms with Crippen LogP contribution in [-0.2, 0) is 4.74 Å². The Labute approximate surface area is 102 Å². The zero-order chi connectivity index (χ0) is 13.8. The highest BCUT2D eigenvalue weighted by atomic mass is 19.3. The van der Waals surface area contributed by atoms with Crippen LogP contribution in [-0.4, -0.2) is 43.3 Å². The maximum atomic E-state index is 11.6. The van der Waals surface area contributed by atoms with Crippen molar-refractivity contribution in [3.63, 3.8) is 0 Å². The topological polar surface area (TPSA) is 41.6 Å². The first kappa shape index (κ1) is 18.5. The van der Waals surface area contributed by atoms with Gasteiger partial charge < -0.3 is 15.0 Å². The van der Waals surface area contributed by atoms with Gasteiger partial charge >= 0.3 is 12.6 Å². The fourth-order valence-electron chi connectivity index (χ4n) is 1.10. The molecule has 6 heteroatoms. The Bertz CT molecular complexity index is 186. The van der Waals surface area contributed by atoms with Gasteiger partial charge in [-0.2, -0.15) is 8.78 Å². The number of likely N-dealkylation sites (tertiary alicyclic amines) is 1. The summed E-state index contributed by atoms with van der Waals surface area (Å²) in [6.45, 7) is 8.08. The molecule has 17 heavy (non-hydrogen) atoms. The SMILES string of the molecule is CC.CC.CCNC(=O)N1CC(OC(F)F)C1. The fraction of sp³-hybridized carbons (Fsp3) is 0.909. The smallest absolute Gasteiger partial charge is 0.338 e. The van der Waals surface area contributed by atoms with Gasteiger partial charge in [-0.1, -0.05) is 27.7 Å². The predicted octanol–water partition coefficient (Wildman–Crippen LogP) is 2.69. The summed E-state index contributed by atoms with van der Waals surface area (Å²) in [6, 6.07) is -0.225. The van der Waals surface area contributed by atoms with Crippen LogP contribution in [0.4, 0.5) is 13.6 Å². The third-order valence-corrected chi connectivity index (χ3v) is 1.76. The van der Waals surface area contributed by atoms with Crippen molar-refractivity contribution >= 4 is 6.03 Å². The lowest BCUT2D eigenvalue weighted by atomic mass is 10.2. The van der Waals surface area contributed by atoms with Crippen molar-refractivity contribution in [1.29, 1.82) is 0 Å². The molecule has 1 aliphatic heterocycles. The molecular formula is C11H24F2N2O2. The summed E-state index contributed by atoms with van der Waals surface area (Å²) in [5.74, 6) is 0. The zero-order valence-electron chi connectivity index (χ0n) is 11.3. The van der Waals surface area contributed by atoms with Crippen molar-refractivity contribution in [3.8, 4) is 0 Å². The monoisotopic (exact) mass is 254 g/mol. The van der Waals surface area contributed by atoms with Crippen LogP contribution in [0.2, 0.25) is 0 Å². The Kier molecular flexibility index (Phi) is 12.6. The molecule has 0 bridgehead atoms. The minimum Gasteiger partial charge on any atom is -0.338 e. The van der Waals surface area contributed by atoms with Gasteiger partial charge in [-0.15, -0.1) is 0 Å². The molecule has 2 amide bonds. The lowest BCUT2D eigenvalue weighted by Gasteiger charge is -2.38. The van der Waals surface area contributed by atoms with Crippen LogP contribution in [0, 0.1) is 0 Å². The number of carbonyl (C=O) groups is 1. The molecule has 1 heterocycles. The molecular weight excluding hydrogens is 230 g/mol. The van der Waals surface area contributed by atoms with Gasteiger partial charge in [0.05, 0.1) is 19.2 Å². The van der Waals surface area contributed by atoms with E-state index in [1.54, 1.807) is 6.92 Å². The van der Waals surface area contributed by atoms with E-state index in [9.17, 15) is 13.6 Å². The molecule has 1 saturated heterocycles. The van der Waals surface area contributed by atoms with Crippen LogP contribution in [0.5, 0.6) is 0 Å². The van der Waals surface area contributed by atoms with Crippen molar-refractivity contribution in [3.05, 3.63) is 0 Å². The van der Waals surface area contributed by atoms with Crippen LogP contribution in [0.1, 0.15) is 34.6 Å². The summed E-state index contributed by atoms with van der Waals surface area (Å²) >= 11 is 0. The van der Waals surface area contributed by atoms with Crippen molar-refractivity contribution in [2.75, 3.05) is 19.6 Å². The van der Waals surface area contributed by atoms with Crippen molar-refractivity contribution in [2.24, 2.45) is 0 Å². The van der Waals surface area contributed by atoms with Crippen LogP contribution < -0.4 is 5.32 Å². The largest absolute Gasteiger partial charge is 0.345 e. The molecule has 0 aromatic heterocycles. The van der Waals surface area contributed by atoms with E-state index in [-0.39, 0.29) is 19.1 Å². The van der Waals surface area contributed by atoms with Gasteiger partial charge in [0, 0.05) is 6.54 Å². The number of nitrogens with zero attached hydrogens (tertiary/aromatic N) is 1. The number of urea groups is 1. The van der Waals surface area contributed by atoms with Crippen molar-refractivity contribution in [1.82, 2.24) is 10.2 Å². The number of carbonyl (C=O) groups excluding carboxylic acids is 1. The Balaban J connectivity index is 0. The number of hydrogen-bond donors (Lipinski definition) is 1. The van der Waals surface area contributed by atoms with Crippen LogP contribution in [0.25, 0.3) is 0 Å². The van der Waals surface area contributed by atoms with Gasteiger partial charge in [0.2, 0.25) is 0 Å². The second-order valence-electron chi connectivity index (χ2n) is 2.76. The van der Waals surface area contributed by atoms with Crippen LogP contribution in [0.15, 0.2) is 0 Å². The van der Waals surface area contributed by atoms with E-state index in [0.29, 0.717) is 6.54 Å². The molecule has 1 rings (SSSR count). The van der Waals surface area contributed by atoms with E-state index in [2.05, 4.69) is 10.1 Å². The Morgan fingerprint density at radius 2 is 1.82 bits per heavy atom. The summed E-state index contributed by atoms with van der Waals surface area (Å²) < 4.78 is 27.5. The van der Waals surface area contributed by atoms with Gasteiger partial charge in [-0.05, 0) is 6.92 Å². The molecule has 4 nitrogen and oxygen atoms in total. The van der Waals surface area contributed by atoms with Gasteiger partial charge in [0.15, 0.2) is 0 Å². The minimum absolute atomic E-state index is 0.225. The Morgan fingerprint density at radius 1 is 1.35 bits per heavy atom. The first-order valence-electron chi connectivity index (χ1n) is 6.10. The zero-order valence-corrected chi connectivity index (χ0v) is 11.3. The first-order valence-corrected chi connectivity index (χ1v) is 6.10. The summed E-state index contributed by atoms with van der Waals surface area (Å²) in [6.07, 6.45) is -0.511. The van der Waals surface area contributed by atoms with Crippen LogP contribution >= 0.6 is 0 Å². The first-order chi connectivity index (χ1) is 8.13. The molecule has 104 valence electrons. The maximum absolute atomic E-state index is 11.6. The standard InChI is InChI=1S/C7H12F2N2O2.2C2H6/c1-2-10-7(12)11-3-5(4-11)13-6(8)9;2*1-2/h5-6H,2-4H2,1H3,(H,10,12);2*1-2H3. The number of ether oxygens (including phenoxy) is 1. The molecule has 0 atom stereocenters. The quantitative estimate of drug-likeness (QED) is 0.841. The van der Waals surface area contributed by atoms with Crippen molar-refractivity contribution in [2.45, 2.75) is 47.3 Å². The molecule has 0 aliphatic carbocycles. The van der Waals surface area contributed by atoms with E-state index >= 15 is 0 Å².